The number of aliphatic hydroxyl groups is 1. The number of nitrogens with two attached hydrogens (primary N) is 1. The molecule has 2 fully saturated rings. The smallest absolute Gasteiger partial charge is 0.244 e. The van der Waals surface area contributed by atoms with Gasteiger partial charge in [0.2, 0.25) is 10.0 Å². The maximum Gasteiger partial charge on any atom is 0.244 e. The number of anilines is 1. The molecular formula is C15H22N2O3S. The molecule has 0 aliphatic carbocycles. The Bertz CT molecular complexity index is 634. The van der Waals surface area contributed by atoms with E-state index in [1.807, 2.05) is 0 Å². The van der Waals surface area contributed by atoms with Crippen LogP contribution in [0.25, 0.3) is 0 Å². The summed E-state index contributed by atoms with van der Waals surface area (Å²) in [7, 11) is -3.53. The summed E-state index contributed by atoms with van der Waals surface area (Å²) in [6.07, 6.45) is 2.40. The molecule has 2 aliphatic rings. The van der Waals surface area contributed by atoms with E-state index < -0.39 is 10.0 Å². The maximum atomic E-state index is 13.1. The van der Waals surface area contributed by atoms with Crippen LogP contribution in [0.4, 0.5) is 5.69 Å². The molecule has 2 heterocycles. The van der Waals surface area contributed by atoms with Crippen molar-refractivity contribution in [2.24, 2.45) is 0 Å². The molecule has 2 atom stereocenters. The average molecular weight is 310 g/mol. The Hall–Kier alpha value is -1.11. The number of hydrogen-bond donors (Lipinski definition) is 2. The van der Waals surface area contributed by atoms with Gasteiger partial charge in [-0.1, -0.05) is 0 Å². The molecule has 0 aromatic heterocycles. The standard InChI is InChI=1S/C15H22N2O3S/c1-9-5-11(16)6-10(2)15(9)21(19,20)17-12-3-4-13(17)8-14(18)7-12/h5-6,12-14,18H,3-4,7-8,16H2,1-2H3. The van der Waals surface area contributed by atoms with Crippen molar-refractivity contribution >= 4 is 15.7 Å². The molecule has 0 radical (unpaired) electrons. The molecule has 2 bridgehead atoms. The number of rotatable bonds is 2. The van der Waals surface area contributed by atoms with Crippen molar-refractivity contribution < 1.29 is 13.5 Å². The number of nitrogen functional groups attached to an aromatic ring is 1. The average Bonchev–Trinajstić information content (AvgIpc) is 2.61. The minimum absolute atomic E-state index is 0.0693. The SMILES string of the molecule is Cc1cc(N)cc(C)c1S(=O)(=O)N1C2CCC1CC(O)C2. The van der Waals surface area contributed by atoms with Crippen molar-refractivity contribution in [1.82, 2.24) is 4.31 Å². The van der Waals surface area contributed by atoms with E-state index in [4.69, 9.17) is 5.73 Å². The molecule has 2 saturated heterocycles. The van der Waals surface area contributed by atoms with Crippen molar-refractivity contribution in [2.45, 2.75) is 62.6 Å². The van der Waals surface area contributed by atoms with E-state index in [-0.39, 0.29) is 18.2 Å². The first-order chi connectivity index (χ1) is 9.80. The second-order valence-electron chi connectivity index (χ2n) is 6.33. The molecule has 2 aliphatic heterocycles. The van der Waals surface area contributed by atoms with Crippen LogP contribution in [0.1, 0.15) is 36.8 Å². The Morgan fingerprint density at radius 3 is 2.10 bits per heavy atom. The van der Waals surface area contributed by atoms with Crippen molar-refractivity contribution in [3.8, 4) is 0 Å². The second-order valence-corrected chi connectivity index (χ2v) is 8.11. The third-order valence-electron chi connectivity index (χ3n) is 4.66. The number of piperidine rings is 1. The molecule has 1 aromatic carbocycles. The highest BCUT2D eigenvalue weighted by molar-refractivity contribution is 7.89. The number of aryl methyl sites for hydroxylation is 2. The van der Waals surface area contributed by atoms with Gasteiger partial charge in [0, 0.05) is 17.8 Å². The highest BCUT2D eigenvalue weighted by Gasteiger charge is 2.47. The second kappa shape index (κ2) is 4.97. The topological polar surface area (TPSA) is 83.6 Å². The van der Waals surface area contributed by atoms with E-state index in [1.54, 1.807) is 30.3 Å². The number of fused-ring (bicyclic) bond motifs is 2. The predicted molar refractivity (Wildman–Crippen MR) is 81.4 cm³/mol. The Labute approximate surface area is 125 Å². The number of sulfonamides is 1. The number of hydrogen-bond acceptors (Lipinski definition) is 4. The summed E-state index contributed by atoms with van der Waals surface area (Å²) >= 11 is 0. The number of benzene rings is 1. The molecule has 3 rings (SSSR count). The van der Waals surface area contributed by atoms with Crippen LogP contribution < -0.4 is 5.73 Å². The Morgan fingerprint density at radius 1 is 1.14 bits per heavy atom. The fourth-order valence-electron chi connectivity index (χ4n) is 3.99. The zero-order chi connectivity index (χ0) is 15.4. The summed E-state index contributed by atoms with van der Waals surface area (Å²) in [5.41, 5.74) is 7.76. The Kier molecular flexibility index (Phi) is 3.50. The summed E-state index contributed by atoms with van der Waals surface area (Å²) in [6, 6.07) is 3.28. The zero-order valence-electron chi connectivity index (χ0n) is 12.4. The fraction of sp³-hybridized carbons (Fsp3) is 0.600. The van der Waals surface area contributed by atoms with E-state index in [1.165, 1.54) is 0 Å². The van der Waals surface area contributed by atoms with Crippen LogP contribution in [-0.4, -0.2) is 36.0 Å². The van der Waals surface area contributed by atoms with Gasteiger partial charge in [0.15, 0.2) is 0 Å². The van der Waals surface area contributed by atoms with Crippen LogP contribution in [0.2, 0.25) is 0 Å². The molecule has 116 valence electrons. The molecule has 1 aromatic rings. The first-order valence-corrected chi connectivity index (χ1v) is 8.83. The zero-order valence-corrected chi connectivity index (χ0v) is 13.2. The maximum absolute atomic E-state index is 13.1. The summed E-state index contributed by atoms with van der Waals surface area (Å²) in [4.78, 5) is 0.380. The van der Waals surface area contributed by atoms with Crippen molar-refractivity contribution in [2.75, 3.05) is 5.73 Å². The molecule has 21 heavy (non-hydrogen) atoms. The van der Waals surface area contributed by atoms with E-state index in [0.717, 1.165) is 12.8 Å². The molecular weight excluding hydrogens is 288 g/mol. The quantitative estimate of drug-likeness (QED) is 0.812. The largest absolute Gasteiger partial charge is 0.399 e. The summed E-state index contributed by atoms with van der Waals surface area (Å²) in [6.45, 7) is 3.58. The predicted octanol–water partition coefficient (Wildman–Crippen LogP) is 1.56. The van der Waals surface area contributed by atoms with Gasteiger partial charge in [-0.05, 0) is 62.8 Å². The van der Waals surface area contributed by atoms with Gasteiger partial charge in [0.25, 0.3) is 0 Å². The number of nitrogens with zero attached hydrogens (tertiary/aromatic N) is 1. The lowest BCUT2D eigenvalue weighted by Crippen LogP contribution is -2.48. The van der Waals surface area contributed by atoms with E-state index >= 15 is 0 Å². The summed E-state index contributed by atoms with van der Waals surface area (Å²) in [5.74, 6) is 0. The van der Waals surface area contributed by atoms with Gasteiger partial charge >= 0.3 is 0 Å². The van der Waals surface area contributed by atoms with E-state index in [2.05, 4.69) is 0 Å². The highest BCUT2D eigenvalue weighted by atomic mass is 32.2. The van der Waals surface area contributed by atoms with Gasteiger partial charge in [-0.25, -0.2) is 8.42 Å². The van der Waals surface area contributed by atoms with Crippen molar-refractivity contribution in [3.63, 3.8) is 0 Å². The van der Waals surface area contributed by atoms with E-state index in [0.29, 0.717) is 34.6 Å². The Morgan fingerprint density at radius 2 is 1.62 bits per heavy atom. The fourth-order valence-corrected chi connectivity index (χ4v) is 6.30. The van der Waals surface area contributed by atoms with Crippen LogP contribution in [0.15, 0.2) is 17.0 Å². The van der Waals surface area contributed by atoms with Gasteiger partial charge < -0.3 is 10.8 Å². The lowest BCUT2D eigenvalue weighted by atomic mass is 10.0. The van der Waals surface area contributed by atoms with E-state index in [9.17, 15) is 13.5 Å². The summed E-state index contributed by atoms with van der Waals surface area (Å²) in [5, 5.41) is 9.85. The molecule has 0 amide bonds. The van der Waals surface area contributed by atoms with Gasteiger partial charge in [-0.2, -0.15) is 4.31 Å². The van der Waals surface area contributed by atoms with Gasteiger partial charge in [0.05, 0.1) is 11.0 Å². The third kappa shape index (κ3) is 2.35. The molecule has 6 heteroatoms. The monoisotopic (exact) mass is 310 g/mol. The van der Waals surface area contributed by atoms with Crippen LogP contribution >= 0.6 is 0 Å². The van der Waals surface area contributed by atoms with Crippen LogP contribution in [-0.2, 0) is 10.0 Å². The first-order valence-electron chi connectivity index (χ1n) is 7.39. The molecule has 3 N–H and O–H groups in total. The van der Waals surface area contributed by atoms with Crippen LogP contribution in [0.3, 0.4) is 0 Å². The lowest BCUT2D eigenvalue weighted by molar-refractivity contribution is 0.0768. The van der Waals surface area contributed by atoms with Gasteiger partial charge in [-0.15, -0.1) is 0 Å². The Balaban J connectivity index is 2.06. The molecule has 2 unspecified atom stereocenters. The minimum atomic E-state index is -3.53. The highest BCUT2D eigenvalue weighted by Crippen LogP contribution is 2.41. The van der Waals surface area contributed by atoms with Crippen LogP contribution in [0, 0.1) is 13.8 Å². The normalized spacial score (nSPS) is 29.8. The van der Waals surface area contributed by atoms with Crippen molar-refractivity contribution in [3.05, 3.63) is 23.3 Å². The summed E-state index contributed by atoms with van der Waals surface area (Å²) < 4.78 is 27.9. The third-order valence-corrected chi connectivity index (χ3v) is 6.97. The molecule has 5 nitrogen and oxygen atoms in total. The minimum Gasteiger partial charge on any atom is -0.399 e. The molecule has 0 spiro atoms. The number of aliphatic hydroxyl groups excluding tert-OH is 1. The first kappa shape index (κ1) is 14.8. The van der Waals surface area contributed by atoms with Gasteiger partial charge in [0.1, 0.15) is 0 Å². The lowest BCUT2D eigenvalue weighted by Gasteiger charge is -2.36. The van der Waals surface area contributed by atoms with Gasteiger partial charge in [-0.3, -0.25) is 0 Å². The molecule has 0 saturated carbocycles. The van der Waals surface area contributed by atoms with Crippen molar-refractivity contribution in [1.29, 1.82) is 0 Å². The van der Waals surface area contributed by atoms with Crippen LogP contribution in [0.5, 0.6) is 0 Å².